The van der Waals surface area contributed by atoms with Crippen LogP contribution in [0.4, 0.5) is 0 Å². The van der Waals surface area contributed by atoms with Gasteiger partial charge in [-0.25, -0.2) is 0 Å². The lowest BCUT2D eigenvalue weighted by atomic mass is 10.1. The lowest BCUT2D eigenvalue weighted by molar-refractivity contribution is 0.326. The summed E-state index contributed by atoms with van der Waals surface area (Å²) in [6.45, 7) is 14.5. The molecular formula is C18H36N2S2. The van der Waals surface area contributed by atoms with Gasteiger partial charge < -0.3 is 9.80 Å². The third-order valence-corrected chi connectivity index (χ3v) is 4.80. The fourth-order valence-corrected chi connectivity index (χ4v) is 3.07. The van der Waals surface area contributed by atoms with Crippen LogP contribution < -0.4 is 0 Å². The van der Waals surface area contributed by atoms with Crippen LogP contribution in [0.2, 0.25) is 0 Å². The van der Waals surface area contributed by atoms with E-state index in [4.69, 9.17) is 24.4 Å². The van der Waals surface area contributed by atoms with Crippen LogP contribution in [0.3, 0.4) is 0 Å². The smallest absolute Gasteiger partial charge is 0.0779 e. The molecule has 4 heteroatoms. The molecule has 22 heavy (non-hydrogen) atoms. The second-order valence-corrected chi connectivity index (χ2v) is 7.33. The number of thiocarbonyl (C=S) groups is 2. The van der Waals surface area contributed by atoms with Gasteiger partial charge in [0.15, 0.2) is 0 Å². The summed E-state index contributed by atoms with van der Waals surface area (Å²) in [6.07, 6.45) is 6.98. The molecule has 0 heterocycles. The van der Waals surface area contributed by atoms with Gasteiger partial charge in [-0.15, -0.1) is 0 Å². The predicted octanol–water partition coefficient (Wildman–Crippen LogP) is 5.30. The number of unbranched alkanes of at least 4 members (excludes halogenated alkanes) is 2. The van der Waals surface area contributed by atoms with Gasteiger partial charge in [0, 0.05) is 25.7 Å². The highest BCUT2D eigenvalue weighted by Gasteiger charge is 2.11. The molecule has 0 aliphatic heterocycles. The first kappa shape index (κ1) is 21.8. The van der Waals surface area contributed by atoms with Crippen molar-refractivity contribution in [1.82, 2.24) is 9.80 Å². The molecule has 0 aromatic rings. The molecule has 2 nitrogen and oxygen atoms in total. The molecule has 1 atom stereocenters. The van der Waals surface area contributed by atoms with Crippen molar-refractivity contribution < 1.29 is 0 Å². The van der Waals surface area contributed by atoms with E-state index in [0.717, 1.165) is 43.9 Å². The van der Waals surface area contributed by atoms with E-state index < -0.39 is 0 Å². The molecule has 0 spiro atoms. The Bertz CT molecular complexity index is 305. The summed E-state index contributed by atoms with van der Waals surface area (Å²) in [7, 11) is 0. The highest BCUT2D eigenvalue weighted by molar-refractivity contribution is 7.80. The quantitative estimate of drug-likeness (QED) is 0.330. The Morgan fingerprint density at radius 1 is 1.05 bits per heavy atom. The molecule has 1 unspecified atom stereocenters. The molecule has 0 bridgehead atoms. The van der Waals surface area contributed by atoms with Crippen LogP contribution >= 0.6 is 24.4 Å². The van der Waals surface area contributed by atoms with Gasteiger partial charge in [0.1, 0.15) is 0 Å². The second kappa shape index (κ2) is 13.2. The summed E-state index contributed by atoms with van der Waals surface area (Å²) in [6, 6.07) is 0.548. The zero-order valence-electron chi connectivity index (χ0n) is 15.3. The van der Waals surface area contributed by atoms with Crippen LogP contribution in [-0.4, -0.2) is 46.0 Å². The van der Waals surface area contributed by atoms with Crippen molar-refractivity contribution in [2.45, 2.75) is 79.2 Å². The first-order valence-corrected chi connectivity index (χ1v) is 9.82. The van der Waals surface area contributed by atoms with Crippen molar-refractivity contribution in [1.29, 1.82) is 0 Å². The third kappa shape index (κ3) is 9.73. The molecule has 0 aromatic heterocycles. The highest BCUT2D eigenvalue weighted by atomic mass is 32.1. The number of rotatable bonds is 13. The Labute approximate surface area is 149 Å². The van der Waals surface area contributed by atoms with Gasteiger partial charge in [0.05, 0.1) is 10.5 Å². The van der Waals surface area contributed by atoms with Gasteiger partial charge in [0.25, 0.3) is 0 Å². The minimum atomic E-state index is 0.548. The molecule has 0 amide bonds. The van der Waals surface area contributed by atoms with Gasteiger partial charge in [-0.2, -0.15) is 0 Å². The first-order chi connectivity index (χ1) is 10.5. The summed E-state index contributed by atoms with van der Waals surface area (Å²) >= 11 is 10.8. The maximum Gasteiger partial charge on any atom is 0.0779 e. The fourth-order valence-electron chi connectivity index (χ4n) is 2.45. The highest BCUT2D eigenvalue weighted by Crippen LogP contribution is 2.10. The molecule has 0 saturated carbocycles. The Morgan fingerprint density at radius 3 is 2.23 bits per heavy atom. The van der Waals surface area contributed by atoms with Gasteiger partial charge in [0.2, 0.25) is 0 Å². The average Bonchev–Trinajstić information content (AvgIpc) is 2.50. The van der Waals surface area contributed by atoms with Gasteiger partial charge in [-0.3, -0.25) is 0 Å². The zero-order chi connectivity index (χ0) is 17.0. The van der Waals surface area contributed by atoms with Crippen molar-refractivity contribution in [2.24, 2.45) is 5.92 Å². The van der Waals surface area contributed by atoms with Crippen molar-refractivity contribution in [3.63, 3.8) is 0 Å². The van der Waals surface area contributed by atoms with E-state index in [1.54, 1.807) is 0 Å². The first-order valence-electron chi connectivity index (χ1n) is 8.94. The average molecular weight is 345 g/mol. The molecule has 0 rings (SSSR count). The monoisotopic (exact) mass is 344 g/mol. The largest absolute Gasteiger partial charge is 0.366 e. The van der Waals surface area contributed by atoms with Crippen LogP contribution in [0.5, 0.6) is 0 Å². The number of nitrogens with zero attached hydrogens (tertiary/aromatic N) is 2. The summed E-state index contributed by atoms with van der Waals surface area (Å²) in [5.74, 6) is 0.672. The van der Waals surface area contributed by atoms with E-state index in [-0.39, 0.29) is 0 Å². The van der Waals surface area contributed by atoms with Crippen molar-refractivity contribution in [3.8, 4) is 0 Å². The molecular weight excluding hydrogens is 308 g/mol. The lowest BCUT2D eigenvalue weighted by Gasteiger charge is -2.28. The van der Waals surface area contributed by atoms with Gasteiger partial charge in [-0.05, 0) is 44.9 Å². The minimum absolute atomic E-state index is 0.548. The molecule has 0 aromatic carbocycles. The summed E-state index contributed by atoms with van der Waals surface area (Å²) in [4.78, 5) is 5.86. The topological polar surface area (TPSA) is 6.48 Å². The fraction of sp³-hybridized carbons (Fsp3) is 0.889. The maximum atomic E-state index is 5.67. The summed E-state index contributed by atoms with van der Waals surface area (Å²) in [5, 5.41) is 0. The van der Waals surface area contributed by atoms with E-state index in [9.17, 15) is 0 Å². The molecule has 0 aliphatic carbocycles. The van der Waals surface area contributed by atoms with Crippen LogP contribution in [0.1, 0.15) is 73.1 Å². The second-order valence-electron chi connectivity index (χ2n) is 6.64. The maximum absolute atomic E-state index is 5.67. The summed E-state index contributed by atoms with van der Waals surface area (Å²) < 4.78 is 0. The van der Waals surface area contributed by atoms with E-state index in [1.807, 2.05) is 5.49 Å². The van der Waals surface area contributed by atoms with E-state index in [1.165, 1.54) is 19.3 Å². The molecule has 0 saturated heterocycles. The van der Waals surface area contributed by atoms with Crippen molar-refractivity contribution >= 4 is 34.9 Å². The predicted molar refractivity (Wildman–Crippen MR) is 108 cm³/mol. The summed E-state index contributed by atoms with van der Waals surface area (Å²) in [5.41, 5.74) is 1.82. The van der Waals surface area contributed by atoms with E-state index in [2.05, 4.69) is 44.4 Å². The molecule has 0 aliphatic rings. The third-order valence-electron chi connectivity index (χ3n) is 4.07. The molecule has 0 N–H and O–H groups in total. The molecule has 0 radical (unpaired) electrons. The van der Waals surface area contributed by atoms with Gasteiger partial charge >= 0.3 is 0 Å². The van der Waals surface area contributed by atoms with E-state index >= 15 is 0 Å². The van der Waals surface area contributed by atoms with Crippen LogP contribution in [0.25, 0.3) is 0 Å². The number of hydrogen-bond acceptors (Lipinski definition) is 2. The Kier molecular flexibility index (Phi) is 13.1. The Balaban J connectivity index is 4.13. The van der Waals surface area contributed by atoms with Crippen LogP contribution in [0.15, 0.2) is 0 Å². The van der Waals surface area contributed by atoms with Crippen molar-refractivity contribution in [3.05, 3.63) is 0 Å². The molecule has 130 valence electrons. The van der Waals surface area contributed by atoms with Crippen LogP contribution in [0, 0.1) is 5.92 Å². The number of hydrogen-bond donors (Lipinski definition) is 0. The Morgan fingerprint density at radius 2 is 1.73 bits per heavy atom. The van der Waals surface area contributed by atoms with Gasteiger partial charge in [-0.1, -0.05) is 58.6 Å². The van der Waals surface area contributed by atoms with Crippen LogP contribution in [-0.2, 0) is 0 Å². The lowest BCUT2D eigenvalue weighted by Crippen LogP contribution is -2.34. The Hall–Kier alpha value is -0.220. The SMILES string of the molecule is CCCCN(CC(C)C)C(=S)CCCCN(C=S)C(C)CC. The van der Waals surface area contributed by atoms with E-state index in [0.29, 0.717) is 12.0 Å². The van der Waals surface area contributed by atoms with Crippen molar-refractivity contribution in [2.75, 3.05) is 19.6 Å². The standard InChI is InChI=1S/C18H36N2S2/c1-6-8-12-19(14-16(3)4)18(22)11-9-10-13-20(15-21)17(5)7-2/h15-17H,6-14H2,1-5H3. The molecule has 0 fully saturated rings. The normalized spacial score (nSPS) is 12.3. The zero-order valence-corrected chi connectivity index (χ0v) is 16.9. The minimum Gasteiger partial charge on any atom is -0.366 e.